The van der Waals surface area contributed by atoms with Crippen LogP contribution in [0.2, 0.25) is 0 Å². The normalized spacial score (nSPS) is 11.1. The van der Waals surface area contributed by atoms with Crippen LogP contribution in [0.1, 0.15) is 39.0 Å². The lowest BCUT2D eigenvalue weighted by Crippen LogP contribution is -2.27. The van der Waals surface area contributed by atoms with Gasteiger partial charge in [-0.15, -0.1) is 0 Å². The molecule has 1 amide bonds. The maximum Gasteiger partial charge on any atom is 0.303 e. The Morgan fingerprint density at radius 1 is 0.905 bits per heavy atom. The lowest BCUT2D eigenvalue weighted by atomic mass is 10.2. The van der Waals surface area contributed by atoms with Crippen molar-refractivity contribution in [3.05, 3.63) is 0 Å². The van der Waals surface area contributed by atoms with Crippen molar-refractivity contribution in [3.63, 3.8) is 0 Å². The number of carboxylic acid groups (broad SMARTS) is 1. The van der Waals surface area contributed by atoms with Gasteiger partial charge in [-0.05, 0) is 66.0 Å². The molecule has 0 atom stereocenters. The molecule has 2 N–H and O–H groups in total. The molecule has 21 heavy (non-hydrogen) atoms. The van der Waals surface area contributed by atoms with Crippen molar-refractivity contribution in [3.8, 4) is 0 Å². The molecule has 0 unspecified atom stereocenters. The van der Waals surface area contributed by atoms with E-state index in [1.54, 1.807) is 0 Å². The van der Waals surface area contributed by atoms with Crippen molar-refractivity contribution in [2.24, 2.45) is 0 Å². The van der Waals surface area contributed by atoms with E-state index in [9.17, 15) is 9.59 Å². The zero-order chi connectivity index (χ0) is 16.1. The molecule has 0 aromatic rings. The highest BCUT2D eigenvalue weighted by Crippen LogP contribution is 1.99. The number of rotatable bonds is 13. The number of amides is 1. The molecule has 6 heteroatoms. The first-order valence-electron chi connectivity index (χ1n) is 7.75. The van der Waals surface area contributed by atoms with Crippen LogP contribution in [-0.4, -0.2) is 73.6 Å². The van der Waals surface area contributed by atoms with E-state index >= 15 is 0 Å². The molecule has 0 saturated heterocycles. The van der Waals surface area contributed by atoms with Crippen molar-refractivity contribution >= 4 is 11.9 Å². The first-order valence-corrected chi connectivity index (χ1v) is 7.75. The van der Waals surface area contributed by atoms with Crippen molar-refractivity contribution in [1.82, 2.24) is 15.1 Å². The molecular weight excluding hydrogens is 270 g/mol. The zero-order valence-corrected chi connectivity index (χ0v) is 13.7. The highest BCUT2D eigenvalue weighted by Gasteiger charge is 2.02. The monoisotopic (exact) mass is 301 g/mol. The lowest BCUT2D eigenvalue weighted by Gasteiger charge is -2.19. The highest BCUT2D eigenvalue weighted by molar-refractivity contribution is 5.72. The molecule has 0 saturated carbocycles. The number of aliphatic carboxylic acids is 1. The summed E-state index contributed by atoms with van der Waals surface area (Å²) < 4.78 is 0. The molecule has 0 aliphatic carbocycles. The van der Waals surface area contributed by atoms with Gasteiger partial charge in [-0.2, -0.15) is 0 Å². The molecular formula is C15H31N3O3. The van der Waals surface area contributed by atoms with Crippen molar-refractivity contribution in [1.29, 1.82) is 0 Å². The van der Waals surface area contributed by atoms with E-state index in [-0.39, 0.29) is 12.3 Å². The number of hydrogen-bond acceptors (Lipinski definition) is 4. The van der Waals surface area contributed by atoms with Crippen molar-refractivity contribution in [2.75, 3.05) is 46.8 Å². The summed E-state index contributed by atoms with van der Waals surface area (Å²) in [6, 6.07) is 0. The van der Waals surface area contributed by atoms with E-state index < -0.39 is 5.97 Å². The van der Waals surface area contributed by atoms with E-state index in [1.807, 2.05) is 7.05 Å². The molecule has 6 nitrogen and oxygen atoms in total. The first-order chi connectivity index (χ1) is 9.91. The van der Waals surface area contributed by atoms with Gasteiger partial charge in [0.1, 0.15) is 0 Å². The second-order valence-corrected chi connectivity index (χ2v) is 5.65. The third-order valence-corrected chi connectivity index (χ3v) is 3.35. The Labute approximate surface area is 128 Å². The quantitative estimate of drug-likeness (QED) is 0.497. The molecule has 0 aliphatic rings. The van der Waals surface area contributed by atoms with Crippen LogP contribution in [0.25, 0.3) is 0 Å². The topological polar surface area (TPSA) is 72.9 Å². The summed E-state index contributed by atoms with van der Waals surface area (Å²) in [7, 11) is 4.14. The maximum absolute atomic E-state index is 10.7. The molecule has 0 aromatic heterocycles. The average Bonchev–Trinajstić information content (AvgIpc) is 2.39. The standard InChI is InChI=1S/C15H31N3O3/c1-14(19)16-9-7-13-18(3)11-5-4-10-17(2)12-6-8-15(20)21/h4-13H2,1-3H3,(H,16,19)(H,20,21). The van der Waals surface area contributed by atoms with Crippen LogP contribution in [-0.2, 0) is 9.59 Å². The van der Waals surface area contributed by atoms with Crippen LogP contribution < -0.4 is 5.32 Å². The SMILES string of the molecule is CC(=O)NCCCN(C)CCCCN(C)CCCC(=O)O. The number of carbonyl (C=O) groups excluding carboxylic acids is 1. The molecule has 124 valence electrons. The molecule has 0 spiro atoms. The summed E-state index contributed by atoms with van der Waals surface area (Å²) >= 11 is 0. The van der Waals surface area contributed by atoms with Gasteiger partial charge in [0.15, 0.2) is 0 Å². The van der Waals surface area contributed by atoms with Gasteiger partial charge in [-0.25, -0.2) is 0 Å². The Morgan fingerprint density at radius 3 is 1.86 bits per heavy atom. The van der Waals surface area contributed by atoms with Crippen molar-refractivity contribution < 1.29 is 14.7 Å². The number of nitrogens with one attached hydrogen (secondary N) is 1. The molecule has 0 aromatic carbocycles. The zero-order valence-electron chi connectivity index (χ0n) is 13.7. The summed E-state index contributed by atoms with van der Waals surface area (Å²) in [6.07, 6.45) is 4.21. The summed E-state index contributed by atoms with van der Waals surface area (Å²) in [5, 5.41) is 11.4. The predicted molar refractivity (Wildman–Crippen MR) is 84.4 cm³/mol. The highest BCUT2D eigenvalue weighted by atomic mass is 16.4. The number of nitrogens with zero attached hydrogens (tertiary/aromatic N) is 2. The third kappa shape index (κ3) is 15.1. The van der Waals surface area contributed by atoms with Gasteiger partial charge in [-0.1, -0.05) is 0 Å². The van der Waals surface area contributed by atoms with Gasteiger partial charge in [0.05, 0.1) is 0 Å². The summed E-state index contributed by atoms with van der Waals surface area (Å²) in [4.78, 5) is 25.6. The fourth-order valence-electron chi connectivity index (χ4n) is 2.10. The van der Waals surface area contributed by atoms with Crippen LogP contribution in [0.3, 0.4) is 0 Å². The number of carboxylic acids is 1. The Hall–Kier alpha value is -1.14. The second kappa shape index (κ2) is 12.6. The molecule has 0 rings (SSSR count). The summed E-state index contributed by atoms with van der Waals surface area (Å²) in [6.45, 7) is 6.19. The number of carbonyl (C=O) groups is 2. The molecule has 0 aliphatic heterocycles. The van der Waals surface area contributed by atoms with E-state index in [0.29, 0.717) is 0 Å². The Balaban J connectivity index is 3.39. The van der Waals surface area contributed by atoms with E-state index in [2.05, 4.69) is 22.2 Å². The van der Waals surface area contributed by atoms with Gasteiger partial charge in [-0.3, -0.25) is 9.59 Å². The largest absolute Gasteiger partial charge is 0.481 e. The van der Waals surface area contributed by atoms with Gasteiger partial charge >= 0.3 is 5.97 Å². The molecule has 0 radical (unpaired) electrons. The van der Waals surface area contributed by atoms with Crippen LogP contribution in [0, 0.1) is 0 Å². The van der Waals surface area contributed by atoms with Crippen LogP contribution in [0.15, 0.2) is 0 Å². The van der Waals surface area contributed by atoms with Gasteiger partial charge < -0.3 is 20.2 Å². The summed E-state index contributed by atoms with van der Waals surface area (Å²) in [5.74, 6) is -0.687. The minimum Gasteiger partial charge on any atom is -0.481 e. The number of unbranched alkanes of at least 4 members (excludes halogenated alkanes) is 1. The Bertz CT molecular complexity index is 298. The lowest BCUT2D eigenvalue weighted by molar-refractivity contribution is -0.137. The van der Waals surface area contributed by atoms with Crippen molar-refractivity contribution in [2.45, 2.75) is 39.0 Å². The molecule has 0 heterocycles. The van der Waals surface area contributed by atoms with Crippen LogP contribution >= 0.6 is 0 Å². The fraction of sp³-hybridized carbons (Fsp3) is 0.867. The van der Waals surface area contributed by atoms with Gasteiger partial charge in [0.2, 0.25) is 5.91 Å². The number of hydrogen-bond donors (Lipinski definition) is 2. The smallest absolute Gasteiger partial charge is 0.303 e. The average molecular weight is 301 g/mol. The molecule has 0 bridgehead atoms. The van der Waals surface area contributed by atoms with Gasteiger partial charge in [0.25, 0.3) is 0 Å². The summed E-state index contributed by atoms with van der Waals surface area (Å²) in [5.41, 5.74) is 0. The minimum absolute atomic E-state index is 0.0311. The maximum atomic E-state index is 10.7. The Morgan fingerprint density at radius 2 is 1.38 bits per heavy atom. The second-order valence-electron chi connectivity index (χ2n) is 5.65. The Kier molecular flexibility index (Phi) is 11.9. The third-order valence-electron chi connectivity index (χ3n) is 3.35. The van der Waals surface area contributed by atoms with Gasteiger partial charge in [0, 0.05) is 19.9 Å². The van der Waals surface area contributed by atoms with E-state index in [4.69, 9.17) is 5.11 Å². The predicted octanol–water partition coefficient (Wildman–Crippen LogP) is 1.02. The van der Waals surface area contributed by atoms with Crippen LogP contribution in [0.5, 0.6) is 0 Å². The first kappa shape index (κ1) is 19.9. The minimum atomic E-state index is -0.718. The fourth-order valence-corrected chi connectivity index (χ4v) is 2.10. The molecule has 0 fully saturated rings. The van der Waals surface area contributed by atoms with E-state index in [1.165, 1.54) is 6.92 Å². The van der Waals surface area contributed by atoms with Crippen LogP contribution in [0.4, 0.5) is 0 Å². The van der Waals surface area contributed by atoms with E-state index in [0.717, 1.165) is 58.4 Å².